The van der Waals surface area contributed by atoms with E-state index in [0.29, 0.717) is 16.3 Å². The van der Waals surface area contributed by atoms with E-state index in [1.54, 1.807) is 31.2 Å². The van der Waals surface area contributed by atoms with Crippen LogP contribution in [0.15, 0.2) is 24.3 Å². The average Bonchev–Trinajstić information content (AvgIpc) is 2.54. The van der Waals surface area contributed by atoms with Gasteiger partial charge in [0.1, 0.15) is 0 Å². The standard InChI is InChI=1S/C12H13NO4/c1-3-17-11(15)12(2)8-6-4-5-7-9(8)13(16)10(12)14/h4-7,16H,3H2,1-2H3. The summed E-state index contributed by atoms with van der Waals surface area (Å²) >= 11 is 0. The highest BCUT2D eigenvalue weighted by atomic mass is 16.5. The molecule has 17 heavy (non-hydrogen) atoms. The van der Waals surface area contributed by atoms with Crippen LogP contribution in [0.4, 0.5) is 5.69 Å². The molecule has 0 fully saturated rings. The van der Waals surface area contributed by atoms with Gasteiger partial charge in [0, 0.05) is 5.56 Å². The fourth-order valence-electron chi connectivity index (χ4n) is 1.99. The lowest BCUT2D eigenvalue weighted by molar-refractivity contribution is -0.153. The van der Waals surface area contributed by atoms with E-state index in [4.69, 9.17) is 4.74 Å². The number of carbonyl (C=O) groups is 2. The van der Waals surface area contributed by atoms with E-state index in [1.165, 1.54) is 6.92 Å². The molecule has 1 aliphatic rings. The Balaban J connectivity index is 2.55. The zero-order valence-electron chi connectivity index (χ0n) is 9.64. The molecular formula is C12H13NO4. The van der Waals surface area contributed by atoms with Gasteiger partial charge in [-0.2, -0.15) is 5.06 Å². The monoisotopic (exact) mass is 235 g/mol. The van der Waals surface area contributed by atoms with Crippen molar-refractivity contribution >= 4 is 17.6 Å². The maximum atomic E-state index is 12.0. The van der Waals surface area contributed by atoms with E-state index < -0.39 is 17.3 Å². The first kappa shape index (κ1) is 11.6. The van der Waals surface area contributed by atoms with Gasteiger partial charge in [-0.1, -0.05) is 18.2 Å². The van der Waals surface area contributed by atoms with E-state index >= 15 is 0 Å². The minimum atomic E-state index is -1.46. The van der Waals surface area contributed by atoms with Crippen LogP contribution in [0, 0.1) is 0 Å². The summed E-state index contributed by atoms with van der Waals surface area (Å²) in [5.74, 6) is -1.33. The summed E-state index contributed by atoms with van der Waals surface area (Å²) in [7, 11) is 0. The zero-order valence-corrected chi connectivity index (χ0v) is 9.64. The lowest BCUT2D eigenvalue weighted by Crippen LogP contribution is -2.44. The smallest absolute Gasteiger partial charge is 0.326 e. The summed E-state index contributed by atoms with van der Waals surface area (Å²) in [6, 6.07) is 6.62. The largest absolute Gasteiger partial charge is 0.465 e. The van der Waals surface area contributed by atoms with Crippen LogP contribution < -0.4 is 5.06 Å². The van der Waals surface area contributed by atoms with Crippen molar-refractivity contribution in [2.75, 3.05) is 11.7 Å². The molecule has 0 aromatic heterocycles. The summed E-state index contributed by atoms with van der Waals surface area (Å²) in [5, 5.41) is 10.2. The van der Waals surface area contributed by atoms with Crippen LogP contribution in [-0.2, 0) is 19.7 Å². The zero-order chi connectivity index (χ0) is 12.6. The number of para-hydroxylation sites is 1. The molecular weight excluding hydrogens is 222 g/mol. The maximum Gasteiger partial charge on any atom is 0.326 e. The molecule has 0 saturated carbocycles. The third kappa shape index (κ3) is 1.43. The minimum Gasteiger partial charge on any atom is -0.465 e. The minimum absolute atomic E-state index is 0.190. The van der Waals surface area contributed by atoms with Crippen LogP contribution in [-0.4, -0.2) is 23.7 Å². The highest BCUT2D eigenvalue weighted by Gasteiger charge is 2.54. The first-order valence-electron chi connectivity index (χ1n) is 5.33. The number of ether oxygens (including phenoxy) is 1. The molecule has 90 valence electrons. The van der Waals surface area contributed by atoms with Crippen molar-refractivity contribution in [3.8, 4) is 0 Å². The Morgan fingerprint density at radius 2 is 2.12 bits per heavy atom. The highest BCUT2D eigenvalue weighted by Crippen LogP contribution is 2.41. The predicted octanol–water partition coefficient (Wildman–Crippen LogP) is 1.24. The molecule has 5 heteroatoms. The van der Waals surface area contributed by atoms with Gasteiger partial charge in [0.2, 0.25) is 0 Å². The van der Waals surface area contributed by atoms with E-state index in [-0.39, 0.29) is 6.61 Å². The number of amides is 1. The molecule has 1 heterocycles. The number of hydrogen-bond acceptors (Lipinski definition) is 4. The maximum absolute atomic E-state index is 12.0. The molecule has 0 aliphatic carbocycles. The number of carbonyl (C=O) groups excluding carboxylic acids is 2. The molecule has 0 radical (unpaired) electrons. The second-order valence-electron chi connectivity index (χ2n) is 3.98. The van der Waals surface area contributed by atoms with Crippen molar-refractivity contribution in [3.63, 3.8) is 0 Å². The summed E-state index contributed by atoms with van der Waals surface area (Å²) in [6.45, 7) is 3.32. The third-order valence-electron chi connectivity index (χ3n) is 2.97. The Labute approximate surface area is 98.6 Å². The first-order chi connectivity index (χ1) is 8.03. The van der Waals surface area contributed by atoms with Gasteiger partial charge >= 0.3 is 5.97 Å². The van der Waals surface area contributed by atoms with Gasteiger partial charge < -0.3 is 4.74 Å². The molecule has 5 nitrogen and oxygen atoms in total. The lowest BCUT2D eigenvalue weighted by atomic mass is 9.84. The van der Waals surface area contributed by atoms with Crippen molar-refractivity contribution in [3.05, 3.63) is 29.8 Å². The number of anilines is 1. The Bertz CT molecular complexity index is 485. The van der Waals surface area contributed by atoms with Gasteiger partial charge in [-0.3, -0.25) is 14.8 Å². The van der Waals surface area contributed by atoms with Crippen LogP contribution >= 0.6 is 0 Å². The molecule has 2 rings (SSSR count). The fourth-order valence-corrected chi connectivity index (χ4v) is 1.99. The van der Waals surface area contributed by atoms with Crippen molar-refractivity contribution < 1.29 is 19.5 Å². The molecule has 1 atom stereocenters. The van der Waals surface area contributed by atoms with Gasteiger partial charge in [0.25, 0.3) is 5.91 Å². The van der Waals surface area contributed by atoms with Crippen LogP contribution in [0.25, 0.3) is 0 Å². The van der Waals surface area contributed by atoms with E-state index in [0.717, 1.165) is 0 Å². The number of fused-ring (bicyclic) bond motifs is 1. The average molecular weight is 235 g/mol. The number of hydrogen-bond donors (Lipinski definition) is 1. The summed E-state index contributed by atoms with van der Waals surface area (Å²) in [4.78, 5) is 23.9. The Morgan fingerprint density at radius 1 is 1.47 bits per heavy atom. The van der Waals surface area contributed by atoms with Gasteiger partial charge in [-0.05, 0) is 19.9 Å². The lowest BCUT2D eigenvalue weighted by Gasteiger charge is -2.19. The third-order valence-corrected chi connectivity index (χ3v) is 2.97. The number of benzene rings is 1. The SMILES string of the molecule is CCOC(=O)C1(C)C(=O)N(O)c2ccccc21. The van der Waals surface area contributed by atoms with Crippen molar-refractivity contribution in [2.45, 2.75) is 19.3 Å². The second-order valence-corrected chi connectivity index (χ2v) is 3.98. The molecule has 1 aromatic carbocycles. The summed E-state index contributed by atoms with van der Waals surface area (Å²) in [5.41, 5.74) is -0.666. The molecule has 1 N–H and O–H groups in total. The van der Waals surface area contributed by atoms with Gasteiger partial charge in [-0.25, -0.2) is 0 Å². The van der Waals surface area contributed by atoms with E-state index in [2.05, 4.69) is 0 Å². The van der Waals surface area contributed by atoms with E-state index in [1.807, 2.05) is 0 Å². The fraction of sp³-hybridized carbons (Fsp3) is 0.333. The van der Waals surface area contributed by atoms with Gasteiger partial charge in [-0.15, -0.1) is 0 Å². The number of nitrogens with zero attached hydrogens (tertiary/aromatic N) is 1. The van der Waals surface area contributed by atoms with Crippen LogP contribution in [0.1, 0.15) is 19.4 Å². The predicted molar refractivity (Wildman–Crippen MR) is 59.7 cm³/mol. The number of esters is 1. The number of rotatable bonds is 2. The van der Waals surface area contributed by atoms with Crippen molar-refractivity contribution in [1.82, 2.24) is 0 Å². The van der Waals surface area contributed by atoms with Crippen LogP contribution in [0.5, 0.6) is 0 Å². The molecule has 1 aromatic rings. The molecule has 1 aliphatic heterocycles. The topological polar surface area (TPSA) is 66.8 Å². The van der Waals surface area contributed by atoms with Crippen molar-refractivity contribution in [1.29, 1.82) is 0 Å². The summed E-state index contributed by atoms with van der Waals surface area (Å²) in [6.07, 6.45) is 0. The summed E-state index contributed by atoms with van der Waals surface area (Å²) < 4.78 is 4.91. The molecule has 0 spiro atoms. The first-order valence-corrected chi connectivity index (χ1v) is 5.33. The quantitative estimate of drug-likeness (QED) is 0.476. The molecule has 1 amide bonds. The van der Waals surface area contributed by atoms with E-state index in [9.17, 15) is 14.8 Å². The van der Waals surface area contributed by atoms with Gasteiger partial charge in [0.15, 0.2) is 5.41 Å². The van der Waals surface area contributed by atoms with Crippen LogP contribution in [0.3, 0.4) is 0 Å². The number of hydroxylamine groups is 1. The van der Waals surface area contributed by atoms with Gasteiger partial charge in [0.05, 0.1) is 12.3 Å². The Kier molecular flexibility index (Phi) is 2.63. The van der Waals surface area contributed by atoms with Crippen LogP contribution in [0.2, 0.25) is 0 Å². The molecule has 1 unspecified atom stereocenters. The molecule has 0 bridgehead atoms. The Morgan fingerprint density at radius 3 is 2.76 bits per heavy atom. The highest BCUT2D eigenvalue weighted by molar-refractivity contribution is 6.18. The molecule has 0 saturated heterocycles. The van der Waals surface area contributed by atoms with Crippen molar-refractivity contribution in [2.24, 2.45) is 0 Å². The second kappa shape index (κ2) is 3.85. The Hall–Kier alpha value is -1.88. The normalized spacial score (nSPS) is 22.5.